The zero-order valence-electron chi connectivity index (χ0n) is 20.4. The van der Waals surface area contributed by atoms with E-state index in [1.54, 1.807) is 31.4 Å². The van der Waals surface area contributed by atoms with Crippen molar-refractivity contribution in [3.63, 3.8) is 0 Å². The van der Waals surface area contributed by atoms with Gasteiger partial charge in [0, 0.05) is 23.6 Å². The van der Waals surface area contributed by atoms with Crippen LogP contribution >= 0.6 is 15.9 Å². The molecule has 2 aliphatic rings. The third-order valence-corrected chi connectivity index (χ3v) is 9.06. The van der Waals surface area contributed by atoms with E-state index in [9.17, 15) is 8.42 Å². The molecule has 1 heterocycles. The fourth-order valence-corrected chi connectivity index (χ4v) is 6.13. The summed E-state index contributed by atoms with van der Waals surface area (Å²) in [5.41, 5.74) is 3.93. The number of sulfonamides is 1. The van der Waals surface area contributed by atoms with Gasteiger partial charge in [0.15, 0.2) is 0 Å². The van der Waals surface area contributed by atoms with Crippen molar-refractivity contribution in [3.8, 4) is 11.5 Å². The van der Waals surface area contributed by atoms with E-state index in [0.29, 0.717) is 29.8 Å². The standard InChI is InChI=1S/C28H31BrN2O4S/c1-34-28-18-22-14-16-31(24-3-2-4-24)15-13-21(22)17-27(28)30-36(32,33)26-11-9-25(10-12-26)35-19-20-5-7-23(29)8-6-20/h5-12,17-18,24,30H,2-4,13-16,19H2,1H3. The van der Waals surface area contributed by atoms with Gasteiger partial charge in [-0.05, 0) is 90.9 Å². The monoisotopic (exact) mass is 570 g/mol. The summed E-state index contributed by atoms with van der Waals surface area (Å²) in [7, 11) is -2.21. The van der Waals surface area contributed by atoms with E-state index < -0.39 is 10.0 Å². The number of hydrogen-bond acceptors (Lipinski definition) is 5. The molecular formula is C28H31BrN2O4S. The zero-order valence-corrected chi connectivity index (χ0v) is 22.8. The molecular weight excluding hydrogens is 540 g/mol. The van der Waals surface area contributed by atoms with Gasteiger partial charge in [0.1, 0.15) is 18.1 Å². The Kier molecular flexibility index (Phi) is 7.55. The minimum absolute atomic E-state index is 0.173. The highest BCUT2D eigenvalue weighted by molar-refractivity contribution is 9.10. The van der Waals surface area contributed by atoms with Crippen LogP contribution in [0.3, 0.4) is 0 Å². The van der Waals surface area contributed by atoms with Crippen LogP contribution < -0.4 is 14.2 Å². The van der Waals surface area contributed by atoms with E-state index in [1.165, 1.54) is 30.4 Å². The van der Waals surface area contributed by atoms with Crippen molar-refractivity contribution in [3.05, 3.63) is 81.8 Å². The number of methoxy groups -OCH3 is 1. The first-order valence-corrected chi connectivity index (χ1v) is 14.6. The normalized spacial score (nSPS) is 16.5. The average molecular weight is 572 g/mol. The SMILES string of the molecule is COc1cc2c(cc1NS(=O)(=O)c1ccc(OCc3ccc(Br)cc3)cc1)CCN(C1CCC1)CC2. The quantitative estimate of drug-likeness (QED) is 0.371. The number of halogens is 1. The van der Waals surface area contributed by atoms with Gasteiger partial charge in [-0.3, -0.25) is 9.62 Å². The number of anilines is 1. The lowest BCUT2D eigenvalue weighted by molar-refractivity contribution is 0.133. The second-order valence-corrected chi connectivity index (χ2v) is 12.0. The summed E-state index contributed by atoms with van der Waals surface area (Å²) in [5.74, 6) is 1.15. The summed E-state index contributed by atoms with van der Waals surface area (Å²) in [6.45, 7) is 2.46. The van der Waals surface area contributed by atoms with Gasteiger partial charge in [-0.25, -0.2) is 8.42 Å². The van der Waals surface area contributed by atoms with Crippen LogP contribution in [0.15, 0.2) is 70.0 Å². The van der Waals surface area contributed by atoms with E-state index in [0.717, 1.165) is 36.0 Å². The third-order valence-electron chi connectivity index (χ3n) is 7.15. The summed E-state index contributed by atoms with van der Waals surface area (Å²) < 4.78 is 41.5. The number of hydrogen-bond donors (Lipinski definition) is 1. The van der Waals surface area contributed by atoms with Gasteiger partial charge in [-0.2, -0.15) is 0 Å². The van der Waals surface area contributed by atoms with E-state index in [-0.39, 0.29) is 4.90 Å². The maximum absolute atomic E-state index is 13.2. The molecule has 0 aromatic heterocycles. The molecule has 1 N–H and O–H groups in total. The Morgan fingerprint density at radius 2 is 1.64 bits per heavy atom. The lowest BCUT2D eigenvalue weighted by Crippen LogP contribution is -2.41. The molecule has 0 radical (unpaired) electrons. The second-order valence-electron chi connectivity index (χ2n) is 9.43. The maximum atomic E-state index is 13.2. The summed E-state index contributed by atoms with van der Waals surface area (Å²) in [5, 5.41) is 0. The minimum Gasteiger partial charge on any atom is -0.495 e. The molecule has 0 unspecified atom stereocenters. The van der Waals surface area contributed by atoms with Crippen LogP contribution in [0.2, 0.25) is 0 Å². The molecule has 6 nitrogen and oxygen atoms in total. The van der Waals surface area contributed by atoms with Crippen molar-refractivity contribution in [1.29, 1.82) is 0 Å². The van der Waals surface area contributed by atoms with Crippen molar-refractivity contribution in [2.75, 3.05) is 24.9 Å². The van der Waals surface area contributed by atoms with Gasteiger partial charge in [0.25, 0.3) is 10.0 Å². The predicted octanol–water partition coefficient (Wildman–Crippen LogP) is 5.79. The fraction of sp³-hybridized carbons (Fsp3) is 0.357. The Labute approximate surface area is 221 Å². The van der Waals surface area contributed by atoms with E-state index in [4.69, 9.17) is 9.47 Å². The molecule has 5 rings (SSSR count). The molecule has 0 bridgehead atoms. The summed E-state index contributed by atoms with van der Waals surface area (Å²) >= 11 is 3.42. The molecule has 190 valence electrons. The highest BCUT2D eigenvalue weighted by Gasteiger charge is 2.27. The molecule has 3 aromatic carbocycles. The molecule has 1 aliphatic carbocycles. The molecule has 0 atom stereocenters. The number of rotatable bonds is 8. The first kappa shape index (κ1) is 25.1. The minimum atomic E-state index is -3.79. The summed E-state index contributed by atoms with van der Waals surface area (Å²) in [6.07, 6.45) is 5.77. The Morgan fingerprint density at radius 1 is 0.972 bits per heavy atom. The Hall–Kier alpha value is -2.55. The van der Waals surface area contributed by atoms with Crippen molar-refractivity contribution in [2.24, 2.45) is 0 Å². The Balaban J connectivity index is 1.28. The van der Waals surface area contributed by atoms with Gasteiger partial charge >= 0.3 is 0 Å². The second kappa shape index (κ2) is 10.8. The van der Waals surface area contributed by atoms with Gasteiger partial charge in [0.05, 0.1) is 17.7 Å². The van der Waals surface area contributed by atoms with Crippen LogP contribution in [-0.4, -0.2) is 39.6 Å². The van der Waals surface area contributed by atoms with Crippen LogP contribution in [0.1, 0.15) is 36.0 Å². The van der Waals surface area contributed by atoms with Crippen LogP contribution in [-0.2, 0) is 29.5 Å². The van der Waals surface area contributed by atoms with Crippen molar-refractivity contribution >= 4 is 31.6 Å². The molecule has 8 heteroatoms. The number of nitrogens with one attached hydrogen (secondary N) is 1. The first-order valence-electron chi connectivity index (χ1n) is 12.4. The fourth-order valence-electron chi connectivity index (χ4n) is 4.80. The van der Waals surface area contributed by atoms with Gasteiger partial charge in [-0.1, -0.05) is 34.5 Å². The lowest BCUT2D eigenvalue weighted by Gasteiger charge is -2.36. The van der Waals surface area contributed by atoms with E-state index in [1.807, 2.05) is 36.4 Å². The summed E-state index contributed by atoms with van der Waals surface area (Å²) in [6, 6.07) is 19.0. The molecule has 3 aromatic rings. The van der Waals surface area contributed by atoms with E-state index >= 15 is 0 Å². The molecule has 0 amide bonds. The molecule has 1 aliphatic heterocycles. The van der Waals surface area contributed by atoms with Crippen molar-refractivity contribution in [1.82, 2.24) is 4.90 Å². The van der Waals surface area contributed by atoms with Crippen LogP contribution in [0.25, 0.3) is 0 Å². The Bertz CT molecular complexity index is 1310. The number of benzene rings is 3. The zero-order chi connectivity index (χ0) is 25.1. The molecule has 36 heavy (non-hydrogen) atoms. The van der Waals surface area contributed by atoms with Crippen molar-refractivity contribution in [2.45, 2.75) is 49.6 Å². The third kappa shape index (κ3) is 5.71. The maximum Gasteiger partial charge on any atom is 0.262 e. The van der Waals surface area contributed by atoms with Crippen molar-refractivity contribution < 1.29 is 17.9 Å². The number of fused-ring (bicyclic) bond motifs is 1. The Morgan fingerprint density at radius 3 is 2.25 bits per heavy atom. The van der Waals surface area contributed by atoms with Crippen LogP contribution in [0, 0.1) is 0 Å². The summed E-state index contributed by atoms with van der Waals surface area (Å²) in [4.78, 5) is 2.76. The molecule has 0 saturated heterocycles. The topological polar surface area (TPSA) is 67.9 Å². The highest BCUT2D eigenvalue weighted by atomic mass is 79.9. The largest absolute Gasteiger partial charge is 0.495 e. The predicted molar refractivity (Wildman–Crippen MR) is 145 cm³/mol. The van der Waals surface area contributed by atoms with Gasteiger partial charge in [-0.15, -0.1) is 0 Å². The molecule has 1 saturated carbocycles. The lowest BCUT2D eigenvalue weighted by atomic mass is 9.91. The van der Waals surface area contributed by atoms with E-state index in [2.05, 4.69) is 25.6 Å². The smallest absolute Gasteiger partial charge is 0.262 e. The van der Waals surface area contributed by atoms with Gasteiger partial charge < -0.3 is 9.47 Å². The highest BCUT2D eigenvalue weighted by Crippen LogP contribution is 2.34. The van der Waals surface area contributed by atoms with Gasteiger partial charge in [0.2, 0.25) is 0 Å². The number of nitrogens with zero attached hydrogens (tertiary/aromatic N) is 1. The van der Waals surface area contributed by atoms with Crippen LogP contribution in [0.4, 0.5) is 5.69 Å². The molecule has 0 spiro atoms. The van der Waals surface area contributed by atoms with Crippen LogP contribution in [0.5, 0.6) is 11.5 Å². The first-order chi connectivity index (χ1) is 17.4. The average Bonchev–Trinajstić information content (AvgIpc) is 3.04. The number of ether oxygens (including phenoxy) is 2. The molecule has 1 fully saturated rings.